The molecule has 4 aromatic carbocycles. The van der Waals surface area contributed by atoms with Crippen LogP contribution in [0.5, 0.6) is 5.75 Å². The molecule has 0 saturated heterocycles. The van der Waals surface area contributed by atoms with Crippen molar-refractivity contribution in [3.05, 3.63) is 126 Å². The molecular weight excluding hydrogens is 484 g/mol. The number of sulfonamides is 1. The van der Waals surface area contributed by atoms with E-state index >= 15 is 0 Å². The van der Waals surface area contributed by atoms with E-state index in [0.29, 0.717) is 24.5 Å². The molecule has 4 aromatic rings. The number of hydrogen-bond donors (Lipinski definition) is 0. The van der Waals surface area contributed by atoms with Crippen LogP contribution in [0.4, 0.5) is 5.69 Å². The summed E-state index contributed by atoms with van der Waals surface area (Å²) >= 11 is 0. The highest BCUT2D eigenvalue weighted by molar-refractivity contribution is 7.92. The Labute approximate surface area is 218 Å². The third-order valence-electron chi connectivity index (χ3n) is 6.01. The minimum absolute atomic E-state index is 0.117. The number of anilines is 1. The first-order chi connectivity index (χ1) is 17.9. The first kappa shape index (κ1) is 26.0. The van der Waals surface area contributed by atoms with Gasteiger partial charge in [-0.1, -0.05) is 84.4 Å². The van der Waals surface area contributed by atoms with E-state index in [-0.39, 0.29) is 17.3 Å². The molecule has 6 nitrogen and oxygen atoms in total. The van der Waals surface area contributed by atoms with Crippen molar-refractivity contribution in [2.45, 2.75) is 24.9 Å². The van der Waals surface area contributed by atoms with Gasteiger partial charge in [0.15, 0.2) is 0 Å². The Balaban J connectivity index is 1.71. The molecule has 0 bridgehead atoms. The SMILES string of the molecule is COc1cccc(N(CC(=O)N(Cc2ccccc2)Cc2ccccc2)S(=O)(=O)c2ccc(C)cc2)c1. The zero-order chi connectivity index (χ0) is 26.3. The summed E-state index contributed by atoms with van der Waals surface area (Å²) in [5.41, 5.74) is 3.22. The van der Waals surface area contributed by atoms with Crippen molar-refractivity contribution >= 4 is 21.6 Å². The molecule has 0 radical (unpaired) electrons. The van der Waals surface area contributed by atoms with E-state index in [1.54, 1.807) is 53.4 Å². The van der Waals surface area contributed by atoms with E-state index < -0.39 is 10.0 Å². The largest absolute Gasteiger partial charge is 0.497 e. The van der Waals surface area contributed by atoms with Crippen molar-refractivity contribution in [2.75, 3.05) is 18.0 Å². The van der Waals surface area contributed by atoms with Crippen LogP contribution < -0.4 is 9.04 Å². The highest BCUT2D eigenvalue weighted by atomic mass is 32.2. The van der Waals surface area contributed by atoms with Crippen LogP contribution in [0.25, 0.3) is 0 Å². The highest BCUT2D eigenvalue weighted by Gasteiger charge is 2.29. The number of carbonyl (C=O) groups excluding carboxylic acids is 1. The Morgan fingerprint density at radius 1 is 0.757 bits per heavy atom. The van der Waals surface area contributed by atoms with Crippen LogP contribution in [0.1, 0.15) is 16.7 Å². The molecule has 0 aliphatic rings. The molecule has 0 spiro atoms. The Morgan fingerprint density at radius 3 is 1.86 bits per heavy atom. The van der Waals surface area contributed by atoms with Crippen LogP contribution in [-0.4, -0.2) is 32.9 Å². The van der Waals surface area contributed by atoms with Crippen LogP contribution >= 0.6 is 0 Å². The van der Waals surface area contributed by atoms with Crippen molar-refractivity contribution in [3.8, 4) is 5.75 Å². The number of ether oxygens (including phenoxy) is 1. The second kappa shape index (κ2) is 11.8. The molecule has 4 rings (SSSR count). The molecule has 0 aliphatic heterocycles. The predicted molar refractivity (Wildman–Crippen MR) is 146 cm³/mol. The van der Waals surface area contributed by atoms with Gasteiger partial charge in [0.05, 0.1) is 17.7 Å². The topological polar surface area (TPSA) is 66.9 Å². The van der Waals surface area contributed by atoms with Crippen molar-refractivity contribution < 1.29 is 17.9 Å². The van der Waals surface area contributed by atoms with Gasteiger partial charge in [-0.05, 0) is 42.3 Å². The van der Waals surface area contributed by atoms with Gasteiger partial charge in [-0.2, -0.15) is 0 Å². The lowest BCUT2D eigenvalue weighted by atomic mass is 10.1. The Morgan fingerprint density at radius 2 is 1.32 bits per heavy atom. The quantitative estimate of drug-likeness (QED) is 0.283. The molecule has 190 valence electrons. The van der Waals surface area contributed by atoms with Gasteiger partial charge >= 0.3 is 0 Å². The Hall–Kier alpha value is -4.10. The van der Waals surface area contributed by atoms with Gasteiger partial charge in [0, 0.05) is 19.2 Å². The predicted octanol–water partition coefficient (Wildman–Crippen LogP) is 5.43. The molecule has 0 saturated carbocycles. The van der Waals surface area contributed by atoms with Crippen LogP contribution in [0.3, 0.4) is 0 Å². The number of nitrogens with zero attached hydrogens (tertiary/aromatic N) is 2. The standard InChI is InChI=1S/C30H30N2O4S/c1-24-16-18-29(19-17-24)37(34,35)32(27-14-9-15-28(20-27)36-2)23-30(33)31(21-25-10-5-3-6-11-25)22-26-12-7-4-8-13-26/h3-20H,21-23H2,1-2H3. The maximum Gasteiger partial charge on any atom is 0.264 e. The van der Waals surface area contributed by atoms with Gasteiger partial charge in [0.25, 0.3) is 10.0 Å². The van der Waals surface area contributed by atoms with Gasteiger partial charge in [0.1, 0.15) is 12.3 Å². The number of aryl methyl sites for hydroxylation is 1. The van der Waals surface area contributed by atoms with Crippen LogP contribution in [-0.2, 0) is 27.9 Å². The number of hydrogen-bond acceptors (Lipinski definition) is 4. The fraction of sp³-hybridized carbons (Fsp3) is 0.167. The summed E-state index contributed by atoms with van der Waals surface area (Å²) in [6.07, 6.45) is 0. The number of benzene rings is 4. The number of rotatable bonds is 10. The Kier molecular flexibility index (Phi) is 8.25. The smallest absolute Gasteiger partial charge is 0.264 e. The van der Waals surface area contributed by atoms with Gasteiger partial charge in [-0.15, -0.1) is 0 Å². The lowest BCUT2D eigenvalue weighted by Crippen LogP contribution is -2.42. The minimum Gasteiger partial charge on any atom is -0.497 e. The van der Waals surface area contributed by atoms with E-state index in [1.165, 1.54) is 7.11 Å². The van der Waals surface area contributed by atoms with E-state index in [9.17, 15) is 13.2 Å². The van der Waals surface area contributed by atoms with Gasteiger partial charge in [-0.25, -0.2) is 8.42 Å². The summed E-state index contributed by atoms with van der Waals surface area (Å²) in [4.78, 5) is 15.6. The average Bonchev–Trinajstić information content (AvgIpc) is 2.92. The molecule has 7 heteroatoms. The molecule has 37 heavy (non-hydrogen) atoms. The number of amides is 1. The summed E-state index contributed by atoms with van der Waals surface area (Å²) in [6, 6.07) is 32.7. The summed E-state index contributed by atoms with van der Waals surface area (Å²) in [5.74, 6) is 0.186. The molecule has 0 N–H and O–H groups in total. The van der Waals surface area contributed by atoms with Crippen LogP contribution in [0, 0.1) is 6.92 Å². The third kappa shape index (κ3) is 6.57. The summed E-state index contributed by atoms with van der Waals surface area (Å²) in [5, 5.41) is 0. The Bertz CT molecular complexity index is 1380. The van der Waals surface area contributed by atoms with E-state index in [2.05, 4.69) is 0 Å². The van der Waals surface area contributed by atoms with Gasteiger partial charge in [-0.3, -0.25) is 9.10 Å². The normalized spacial score (nSPS) is 11.1. The molecule has 0 fully saturated rings. The maximum atomic E-state index is 13.8. The first-order valence-corrected chi connectivity index (χ1v) is 13.4. The van der Waals surface area contributed by atoms with Gasteiger partial charge in [0.2, 0.25) is 5.91 Å². The summed E-state index contributed by atoms with van der Waals surface area (Å²) in [7, 11) is -2.52. The van der Waals surface area contributed by atoms with Crippen LogP contribution in [0.15, 0.2) is 114 Å². The number of methoxy groups -OCH3 is 1. The van der Waals surface area contributed by atoms with Crippen molar-refractivity contribution in [1.29, 1.82) is 0 Å². The molecular formula is C30H30N2O4S. The van der Waals surface area contributed by atoms with Crippen molar-refractivity contribution in [1.82, 2.24) is 4.90 Å². The second-order valence-electron chi connectivity index (χ2n) is 8.75. The van der Waals surface area contributed by atoms with Crippen molar-refractivity contribution in [3.63, 3.8) is 0 Å². The van der Waals surface area contributed by atoms with Gasteiger partial charge < -0.3 is 9.64 Å². The fourth-order valence-corrected chi connectivity index (χ4v) is 5.39. The van der Waals surface area contributed by atoms with E-state index in [1.807, 2.05) is 67.6 Å². The summed E-state index contributed by atoms with van der Waals surface area (Å²) < 4.78 is 34.2. The monoisotopic (exact) mass is 514 g/mol. The lowest BCUT2D eigenvalue weighted by molar-refractivity contribution is -0.130. The lowest BCUT2D eigenvalue weighted by Gasteiger charge is -2.29. The minimum atomic E-state index is -4.04. The highest BCUT2D eigenvalue weighted by Crippen LogP contribution is 2.27. The van der Waals surface area contributed by atoms with E-state index in [4.69, 9.17) is 4.74 Å². The average molecular weight is 515 g/mol. The summed E-state index contributed by atoms with van der Waals surface area (Å²) in [6.45, 7) is 2.24. The van der Waals surface area contributed by atoms with Crippen molar-refractivity contribution in [2.24, 2.45) is 0 Å². The second-order valence-corrected chi connectivity index (χ2v) is 10.6. The zero-order valence-corrected chi connectivity index (χ0v) is 21.8. The van der Waals surface area contributed by atoms with E-state index in [0.717, 1.165) is 21.0 Å². The number of carbonyl (C=O) groups is 1. The molecule has 0 aromatic heterocycles. The fourth-order valence-electron chi connectivity index (χ4n) is 3.98. The molecule has 0 unspecified atom stereocenters. The first-order valence-electron chi connectivity index (χ1n) is 12.0. The molecule has 1 amide bonds. The van der Waals surface area contributed by atoms with Crippen LogP contribution in [0.2, 0.25) is 0 Å². The third-order valence-corrected chi connectivity index (χ3v) is 7.80. The maximum absolute atomic E-state index is 13.8. The molecule has 0 aliphatic carbocycles. The molecule has 0 atom stereocenters. The molecule has 0 heterocycles. The zero-order valence-electron chi connectivity index (χ0n) is 20.9.